The van der Waals surface area contributed by atoms with Gasteiger partial charge in [-0.15, -0.1) is 10.2 Å². The minimum atomic E-state index is -0.588. The van der Waals surface area contributed by atoms with Gasteiger partial charge in [0.15, 0.2) is 5.69 Å². The van der Waals surface area contributed by atoms with Crippen LogP contribution >= 0.6 is 11.6 Å². The van der Waals surface area contributed by atoms with Crippen molar-refractivity contribution in [1.29, 1.82) is 0 Å². The van der Waals surface area contributed by atoms with E-state index in [2.05, 4.69) is 16.9 Å². The van der Waals surface area contributed by atoms with Crippen molar-refractivity contribution >= 4 is 57.5 Å². The van der Waals surface area contributed by atoms with Gasteiger partial charge in [-0.05, 0) is 29.7 Å². The number of phenolic OH excluding ortho intramolecular Hbond substituents is 1. The third-order valence-corrected chi connectivity index (χ3v) is 4.20. The Morgan fingerprint density at radius 1 is 1.17 bits per heavy atom. The standard InChI is InChI=1S/C19H16ClN5O3.CH4/c1-24(9-8-20)14-5-2-12-3-7-18(26)19(15(12)11-14)23-22-16-6-4-13(21)10-17(16)25(27)28;/h2-8,10-11,26H,1,9,21H2;1H4. The van der Waals surface area contributed by atoms with E-state index in [0.29, 0.717) is 11.9 Å². The number of nitro groups is 1. The number of hydrogen-bond acceptors (Lipinski definition) is 6. The van der Waals surface area contributed by atoms with Gasteiger partial charge in [-0.25, -0.2) is 4.58 Å². The van der Waals surface area contributed by atoms with Crippen LogP contribution in [0.4, 0.5) is 28.4 Å². The SMILES string of the molecule is C.C=[N+](C[CH-]Cl)c1ccc2ccc(O)c(N=Nc3ccc(N)cc3[N+](=O)[O-])c2c1. The van der Waals surface area contributed by atoms with Crippen LogP contribution in [0, 0.1) is 16.0 Å². The summed E-state index contributed by atoms with van der Waals surface area (Å²) in [7, 11) is 0. The summed E-state index contributed by atoms with van der Waals surface area (Å²) in [6.45, 7) is 4.32. The fourth-order valence-electron chi connectivity index (χ4n) is 2.65. The van der Waals surface area contributed by atoms with Crippen molar-refractivity contribution in [1.82, 2.24) is 0 Å². The number of nitrogens with two attached hydrogens (primary N) is 1. The molecule has 3 aromatic rings. The maximum atomic E-state index is 11.2. The first-order valence-electron chi connectivity index (χ1n) is 8.12. The number of nitrogen functional groups attached to an aromatic ring is 1. The summed E-state index contributed by atoms with van der Waals surface area (Å²) in [4.78, 5) is 10.6. The largest absolute Gasteiger partial charge is 0.506 e. The van der Waals surface area contributed by atoms with Gasteiger partial charge >= 0.3 is 0 Å². The summed E-state index contributed by atoms with van der Waals surface area (Å²) >= 11 is 5.65. The molecule has 0 saturated heterocycles. The Bertz CT molecular complexity index is 1110. The van der Waals surface area contributed by atoms with E-state index < -0.39 is 4.92 Å². The van der Waals surface area contributed by atoms with Crippen LogP contribution in [-0.4, -0.2) is 27.9 Å². The van der Waals surface area contributed by atoms with Gasteiger partial charge in [0, 0.05) is 35.8 Å². The van der Waals surface area contributed by atoms with E-state index in [1.807, 2.05) is 12.1 Å². The molecule has 0 aliphatic carbocycles. The second kappa shape index (κ2) is 9.11. The van der Waals surface area contributed by atoms with Crippen LogP contribution in [0.25, 0.3) is 10.8 Å². The van der Waals surface area contributed by atoms with Crippen LogP contribution in [0.2, 0.25) is 0 Å². The van der Waals surface area contributed by atoms with Gasteiger partial charge < -0.3 is 22.4 Å². The maximum Gasteiger partial charge on any atom is 0.298 e. The van der Waals surface area contributed by atoms with Crippen molar-refractivity contribution in [2.75, 3.05) is 12.3 Å². The summed E-state index contributed by atoms with van der Waals surface area (Å²) in [5, 5.41) is 31.0. The Balaban J connectivity index is 0.00000300. The lowest BCUT2D eigenvalue weighted by Crippen LogP contribution is -2.02. The molecule has 0 bridgehead atoms. The first-order valence-corrected chi connectivity index (χ1v) is 8.55. The van der Waals surface area contributed by atoms with Gasteiger partial charge in [0.2, 0.25) is 5.69 Å². The summed E-state index contributed by atoms with van der Waals surface area (Å²) in [5.41, 5.74) is 6.55. The van der Waals surface area contributed by atoms with Crippen LogP contribution in [0.5, 0.6) is 5.75 Å². The first kappa shape index (κ1) is 21.8. The van der Waals surface area contributed by atoms with Gasteiger partial charge in [-0.1, -0.05) is 13.5 Å². The zero-order chi connectivity index (χ0) is 20.3. The summed E-state index contributed by atoms with van der Waals surface area (Å²) in [5.74, 6) is 1.34. The van der Waals surface area contributed by atoms with E-state index in [1.165, 1.54) is 30.1 Å². The van der Waals surface area contributed by atoms with Crippen molar-refractivity contribution in [3.05, 3.63) is 64.5 Å². The number of phenols is 1. The number of rotatable bonds is 6. The molecular weight excluding hydrogens is 394 g/mol. The summed E-state index contributed by atoms with van der Waals surface area (Å²) in [6, 6.07) is 12.8. The summed E-state index contributed by atoms with van der Waals surface area (Å²) < 4.78 is 1.67. The number of azo groups is 1. The molecule has 0 saturated carbocycles. The molecule has 0 fully saturated rings. The molecule has 150 valence electrons. The highest BCUT2D eigenvalue weighted by Crippen LogP contribution is 2.39. The molecule has 0 heterocycles. The molecule has 0 aliphatic rings. The van der Waals surface area contributed by atoms with Crippen molar-refractivity contribution in [3.8, 4) is 5.75 Å². The smallest absolute Gasteiger partial charge is 0.298 e. The Morgan fingerprint density at radius 2 is 1.90 bits per heavy atom. The molecule has 0 aliphatic heterocycles. The highest BCUT2D eigenvalue weighted by Gasteiger charge is 2.15. The van der Waals surface area contributed by atoms with E-state index >= 15 is 0 Å². The Hall–Kier alpha value is -3.52. The predicted octanol–water partition coefficient (Wildman–Crippen LogP) is 5.83. The second-order valence-corrected chi connectivity index (χ2v) is 6.23. The van der Waals surface area contributed by atoms with E-state index in [0.717, 1.165) is 11.1 Å². The number of fused-ring (bicyclic) bond motifs is 1. The number of hydrogen-bond donors (Lipinski definition) is 2. The fourth-order valence-corrected chi connectivity index (χ4v) is 2.81. The van der Waals surface area contributed by atoms with E-state index in [-0.39, 0.29) is 35.9 Å². The Morgan fingerprint density at radius 3 is 2.59 bits per heavy atom. The Kier molecular flexibility index (Phi) is 6.84. The van der Waals surface area contributed by atoms with Gasteiger partial charge in [0.05, 0.1) is 4.92 Å². The van der Waals surface area contributed by atoms with Crippen LogP contribution < -0.4 is 5.73 Å². The zero-order valence-corrected chi connectivity index (χ0v) is 15.4. The molecule has 29 heavy (non-hydrogen) atoms. The molecule has 8 nitrogen and oxygen atoms in total. The lowest BCUT2D eigenvalue weighted by atomic mass is 10.1. The first-order chi connectivity index (χ1) is 13.4. The number of halogens is 1. The van der Waals surface area contributed by atoms with Gasteiger partial charge in [0.1, 0.15) is 18.2 Å². The van der Waals surface area contributed by atoms with Gasteiger partial charge in [-0.2, -0.15) is 5.88 Å². The highest BCUT2D eigenvalue weighted by atomic mass is 35.5. The lowest BCUT2D eigenvalue weighted by Gasteiger charge is -2.07. The van der Waals surface area contributed by atoms with Gasteiger partial charge in [0.25, 0.3) is 5.69 Å². The van der Waals surface area contributed by atoms with E-state index in [4.69, 9.17) is 17.3 Å². The average Bonchev–Trinajstić information content (AvgIpc) is 2.67. The molecule has 3 N–H and O–H groups in total. The van der Waals surface area contributed by atoms with E-state index in [1.54, 1.807) is 16.7 Å². The number of nitrogens with zero attached hydrogens (tertiary/aromatic N) is 4. The Labute approximate surface area is 172 Å². The quantitative estimate of drug-likeness (QED) is 0.100. The third-order valence-electron chi connectivity index (χ3n) is 4.06. The van der Waals surface area contributed by atoms with Crippen LogP contribution in [0.3, 0.4) is 0 Å². The molecule has 9 heteroatoms. The fraction of sp³-hybridized carbons (Fsp3) is 0.100. The molecule has 0 spiro atoms. The normalized spacial score (nSPS) is 10.8. The molecule has 0 unspecified atom stereocenters. The second-order valence-electron chi connectivity index (χ2n) is 5.92. The highest BCUT2D eigenvalue weighted by molar-refractivity contribution is 6.23. The zero-order valence-electron chi connectivity index (χ0n) is 14.6. The van der Waals surface area contributed by atoms with Crippen molar-refractivity contribution in [2.45, 2.75) is 7.43 Å². The van der Waals surface area contributed by atoms with Crippen molar-refractivity contribution in [3.63, 3.8) is 0 Å². The van der Waals surface area contributed by atoms with E-state index in [9.17, 15) is 15.2 Å². The molecular formula is C20H20ClN5O3. The van der Waals surface area contributed by atoms with Crippen LogP contribution in [-0.2, 0) is 0 Å². The van der Waals surface area contributed by atoms with Crippen LogP contribution in [0.15, 0.2) is 58.8 Å². The number of benzene rings is 3. The molecule has 3 rings (SSSR count). The van der Waals surface area contributed by atoms with Gasteiger partial charge in [-0.3, -0.25) is 10.1 Å². The molecule has 0 atom stereocenters. The minimum Gasteiger partial charge on any atom is -0.506 e. The minimum absolute atomic E-state index is 0. The monoisotopic (exact) mass is 413 g/mol. The molecule has 0 amide bonds. The molecule has 3 aromatic carbocycles. The maximum absolute atomic E-state index is 11.2. The summed E-state index contributed by atoms with van der Waals surface area (Å²) in [6.07, 6.45) is 0. The number of anilines is 1. The average molecular weight is 414 g/mol. The van der Waals surface area contributed by atoms with Crippen molar-refractivity contribution in [2.24, 2.45) is 10.2 Å². The number of nitro benzene ring substituents is 1. The predicted molar refractivity (Wildman–Crippen MR) is 116 cm³/mol. The van der Waals surface area contributed by atoms with Crippen molar-refractivity contribution < 1.29 is 14.6 Å². The topological polar surface area (TPSA) is 117 Å². The molecule has 0 aromatic heterocycles. The number of aromatic hydroxyl groups is 1. The van der Waals surface area contributed by atoms with Crippen LogP contribution in [0.1, 0.15) is 7.43 Å². The molecule has 0 radical (unpaired) electrons. The lowest BCUT2D eigenvalue weighted by molar-refractivity contribution is -0.420. The third kappa shape index (κ3) is 4.67.